The van der Waals surface area contributed by atoms with E-state index in [0.717, 1.165) is 0 Å². The highest BCUT2D eigenvalue weighted by Crippen LogP contribution is 2.26. The first kappa shape index (κ1) is 18.2. The van der Waals surface area contributed by atoms with Crippen LogP contribution in [-0.2, 0) is 11.3 Å². The molecule has 1 aromatic carbocycles. The van der Waals surface area contributed by atoms with Gasteiger partial charge in [0.25, 0.3) is 0 Å². The highest BCUT2D eigenvalue weighted by molar-refractivity contribution is 9.10. The number of benzene rings is 1. The van der Waals surface area contributed by atoms with Crippen molar-refractivity contribution in [2.75, 3.05) is 0 Å². The third kappa shape index (κ3) is 5.47. The van der Waals surface area contributed by atoms with Gasteiger partial charge in [0, 0.05) is 11.1 Å². The van der Waals surface area contributed by atoms with E-state index in [2.05, 4.69) is 15.9 Å². The molecular weight excluding hydrogens is 361 g/mol. The van der Waals surface area contributed by atoms with Crippen molar-refractivity contribution in [2.45, 2.75) is 52.8 Å². The minimum atomic E-state index is -0.584. The predicted molar refractivity (Wildman–Crippen MR) is 86.0 cm³/mol. The van der Waals surface area contributed by atoms with Gasteiger partial charge >= 0.3 is 6.09 Å². The highest BCUT2D eigenvalue weighted by atomic mass is 79.9. The molecular formula is C15H20BrClFNO2. The van der Waals surface area contributed by atoms with Gasteiger partial charge in [0.2, 0.25) is 0 Å². The Kier molecular flexibility index (Phi) is 6.05. The number of carbonyl (C=O) groups is 1. The van der Waals surface area contributed by atoms with Gasteiger partial charge in [-0.15, -0.1) is 0 Å². The Bertz CT molecular complexity index is 529. The van der Waals surface area contributed by atoms with E-state index in [1.165, 1.54) is 17.0 Å². The van der Waals surface area contributed by atoms with E-state index in [1.54, 1.807) is 20.8 Å². The Labute approximate surface area is 138 Å². The van der Waals surface area contributed by atoms with E-state index in [9.17, 15) is 9.18 Å². The maximum Gasteiger partial charge on any atom is 0.410 e. The van der Waals surface area contributed by atoms with Crippen LogP contribution in [0.3, 0.4) is 0 Å². The van der Waals surface area contributed by atoms with Gasteiger partial charge < -0.3 is 9.64 Å². The summed E-state index contributed by atoms with van der Waals surface area (Å²) in [5.41, 5.74) is -0.0455. The Balaban J connectivity index is 2.99. The zero-order valence-electron chi connectivity index (χ0n) is 12.8. The average molecular weight is 381 g/mol. The number of ether oxygens (including phenoxy) is 1. The van der Waals surface area contributed by atoms with Gasteiger partial charge in [-0.25, -0.2) is 9.18 Å². The van der Waals surface area contributed by atoms with Crippen molar-refractivity contribution in [3.63, 3.8) is 0 Å². The normalized spacial score (nSPS) is 11.7. The number of hydrogen-bond acceptors (Lipinski definition) is 2. The van der Waals surface area contributed by atoms with Crippen LogP contribution in [0.15, 0.2) is 16.6 Å². The van der Waals surface area contributed by atoms with Crippen LogP contribution in [0.4, 0.5) is 9.18 Å². The maximum atomic E-state index is 13.6. The molecule has 6 heteroatoms. The first-order chi connectivity index (χ1) is 9.51. The van der Waals surface area contributed by atoms with Crippen LogP contribution in [-0.4, -0.2) is 22.6 Å². The molecule has 0 aliphatic carbocycles. The van der Waals surface area contributed by atoms with Crippen LogP contribution in [0.1, 0.15) is 40.2 Å². The lowest BCUT2D eigenvalue weighted by molar-refractivity contribution is 0.0172. The molecule has 1 rings (SSSR count). The minimum absolute atomic E-state index is 0.0948. The number of halogens is 3. The van der Waals surface area contributed by atoms with Gasteiger partial charge in [0.1, 0.15) is 11.4 Å². The van der Waals surface area contributed by atoms with Crippen LogP contribution < -0.4 is 0 Å². The number of rotatable bonds is 3. The number of nitrogens with zero attached hydrogens (tertiary/aromatic N) is 1. The van der Waals surface area contributed by atoms with Crippen molar-refractivity contribution >= 4 is 33.6 Å². The second-order valence-electron chi connectivity index (χ2n) is 6.06. The van der Waals surface area contributed by atoms with Crippen molar-refractivity contribution in [3.8, 4) is 0 Å². The lowest BCUT2D eigenvalue weighted by atomic mass is 10.2. The molecule has 21 heavy (non-hydrogen) atoms. The van der Waals surface area contributed by atoms with E-state index < -0.39 is 17.5 Å². The Morgan fingerprint density at radius 3 is 2.48 bits per heavy atom. The zero-order valence-corrected chi connectivity index (χ0v) is 15.2. The van der Waals surface area contributed by atoms with Gasteiger partial charge in [0.15, 0.2) is 0 Å². The van der Waals surface area contributed by atoms with Crippen LogP contribution in [0.25, 0.3) is 0 Å². The summed E-state index contributed by atoms with van der Waals surface area (Å²) in [4.78, 5) is 13.7. The molecule has 0 fully saturated rings. The molecule has 3 nitrogen and oxygen atoms in total. The summed E-state index contributed by atoms with van der Waals surface area (Å²) < 4.78 is 19.3. The molecule has 0 saturated heterocycles. The topological polar surface area (TPSA) is 29.5 Å². The van der Waals surface area contributed by atoms with Crippen molar-refractivity contribution < 1.29 is 13.9 Å². The fourth-order valence-corrected chi connectivity index (χ4v) is 2.35. The quantitative estimate of drug-likeness (QED) is 0.658. The molecule has 0 spiro atoms. The summed E-state index contributed by atoms with van der Waals surface area (Å²) in [6.07, 6.45) is -0.447. The summed E-state index contributed by atoms with van der Waals surface area (Å²) in [5, 5.41) is 0.400. The van der Waals surface area contributed by atoms with Gasteiger partial charge in [-0.05, 0) is 68.2 Å². The van der Waals surface area contributed by atoms with Gasteiger partial charge in [-0.2, -0.15) is 0 Å². The molecule has 0 heterocycles. The third-order valence-electron chi connectivity index (χ3n) is 2.68. The van der Waals surface area contributed by atoms with Crippen LogP contribution in [0, 0.1) is 5.82 Å². The summed E-state index contributed by atoms with van der Waals surface area (Å²) >= 11 is 9.19. The monoisotopic (exact) mass is 379 g/mol. The smallest absolute Gasteiger partial charge is 0.410 e. The van der Waals surface area contributed by atoms with Crippen molar-refractivity contribution in [1.29, 1.82) is 0 Å². The first-order valence-corrected chi connectivity index (χ1v) is 7.81. The summed E-state index contributed by atoms with van der Waals surface area (Å²) in [5.74, 6) is -0.415. The average Bonchev–Trinajstić information content (AvgIpc) is 2.29. The first-order valence-electron chi connectivity index (χ1n) is 6.64. The van der Waals surface area contributed by atoms with Gasteiger partial charge in [0.05, 0.1) is 11.0 Å². The Hall–Kier alpha value is -0.810. The number of amides is 1. The highest BCUT2D eigenvalue weighted by Gasteiger charge is 2.25. The maximum absolute atomic E-state index is 13.6. The molecule has 118 valence electrons. The van der Waals surface area contributed by atoms with Crippen LogP contribution >= 0.6 is 27.5 Å². The largest absolute Gasteiger partial charge is 0.444 e. The zero-order chi connectivity index (χ0) is 16.4. The molecule has 0 radical (unpaired) electrons. The van der Waals surface area contributed by atoms with Gasteiger partial charge in [-0.3, -0.25) is 0 Å². The minimum Gasteiger partial charge on any atom is -0.444 e. The summed E-state index contributed by atoms with van der Waals surface area (Å²) in [7, 11) is 0. The molecule has 0 atom stereocenters. The molecule has 0 bridgehead atoms. The number of carbonyl (C=O) groups excluding carboxylic acids is 1. The Morgan fingerprint density at radius 1 is 1.43 bits per heavy atom. The van der Waals surface area contributed by atoms with Crippen molar-refractivity contribution in [1.82, 2.24) is 4.90 Å². The predicted octanol–water partition coefficient (Wildman–Crippen LogP) is 5.39. The molecule has 0 saturated carbocycles. The van der Waals surface area contributed by atoms with E-state index in [-0.39, 0.29) is 12.6 Å². The van der Waals surface area contributed by atoms with E-state index in [1.807, 2.05) is 13.8 Å². The fraction of sp³-hybridized carbons (Fsp3) is 0.533. The second kappa shape index (κ2) is 6.97. The van der Waals surface area contributed by atoms with Crippen LogP contribution in [0.2, 0.25) is 5.02 Å². The molecule has 0 unspecified atom stereocenters. The molecule has 1 amide bonds. The second-order valence-corrected chi connectivity index (χ2v) is 7.32. The summed E-state index contributed by atoms with van der Waals surface area (Å²) in [6, 6.07) is 2.72. The molecule has 1 aromatic rings. The van der Waals surface area contributed by atoms with Gasteiger partial charge in [-0.1, -0.05) is 11.6 Å². The van der Waals surface area contributed by atoms with E-state index in [4.69, 9.17) is 16.3 Å². The Morgan fingerprint density at radius 2 is 2.00 bits per heavy atom. The van der Waals surface area contributed by atoms with Crippen molar-refractivity contribution in [3.05, 3.63) is 33.0 Å². The molecule has 0 aromatic heterocycles. The molecule has 0 N–H and O–H groups in total. The standard InChI is InChI=1S/C15H20BrClFNO2/c1-9(2)19(14(20)21-15(3,4)5)8-10-6-13(18)11(16)7-12(10)17/h6-7,9H,8H2,1-5H3. The van der Waals surface area contributed by atoms with E-state index in [0.29, 0.717) is 15.1 Å². The fourth-order valence-electron chi connectivity index (χ4n) is 1.65. The molecule has 0 aliphatic rings. The lowest BCUT2D eigenvalue weighted by Crippen LogP contribution is -2.40. The summed E-state index contributed by atoms with van der Waals surface area (Å²) in [6.45, 7) is 9.33. The van der Waals surface area contributed by atoms with E-state index >= 15 is 0 Å². The van der Waals surface area contributed by atoms with Crippen LogP contribution in [0.5, 0.6) is 0 Å². The molecule has 0 aliphatic heterocycles. The van der Waals surface area contributed by atoms with Crippen molar-refractivity contribution in [2.24, 2.45) is 0 Å². The SMILES string of the molecule is CC(C)N(Cc1cc(F)c(Br)cc1Cl)C(=O)OC(C)(C)C. The number of hydrogen-bond donors (Lipinski definition) is 0. The lowest BCUT2D eigenvalue weighted by Gasteiger charge is -2.30. The third-order valence-corrected chi connectivity index (χ3v) is 3.64.